The van der Waals surface area contributed by atoms with Crippen LogP contribution in [0.4, 0.5) is 0 Å². The van der Waals surface area contributed by atoms with Crippen molar-refractivity contribution in [2.45, 2.75) is 58.4 Å². The maximum atomic E-state index is 11.5. The average Bonchev–Trinajstić information content (AvgIpc) is 3.29. The molecule has 6 heteroatoms. The van der Waals surface area contributed by atoms with Gasteiger partial charge in [-0.25, -0.2) is 5.48 Å². The number of nitrogens with one attached hydrogen (secondary N) is 1. The normalized spacial score (nSPS) is 22.8. The maximum absolute atomic E-state index is 11.5. The van der Waals surface area contributed by atoms with Crippen LogP contribution in [0.25, 0.3) is 0 Å². The highest BCUT2D eigenvalue weighted by molar-refractivity contribution is 5.93. The SMILES string of the molecule is CC1CN(Cc2ccc(C(=O)NO)cc2)CC(C)N1Cc1cccc(CN2CCCC2)c1. The van der Waals surface area contributed by atoms with E-state index in [1.807, 2.05) is 12.1 Å². The van der Waals surface area contributed by atoms with Crippen LogP contribution in [0, 0.1) is 0 Å². The smallest absolute Gasteiger partial charge is 0.274 e. The lowest BCUT2D eigenvalue weighted by atomic mass is 10.0. The predicted octanol–water partition coefficient (Wildman–Crippen LogP) is 3.50. The summed E-state index contributed by atoms with van der Waals surface area (Å²) in [7, 11) is 0. The lowest BCUT2D eigenvalue weighted by Crippen LogP contribution is -2.55. The van der Waals surface area contributed by atoms with Crippen LogP contribution in [0.3, 0.4) is 0 Å². The molecule has 2 aromatic carbocycles. The number of amides is 1. The van der Waals surface area contributed by atoms with Gasteiger partial charge in [0.2, 0.25) is 0 Å². The molecule has 2 unspecified atom stereocenters. The van der Waals surface area contributed by atoms with Crippen LogP contribution in [-0.2, 0) is 19.6 Å². The second-order valence-electron chi connectivity index (χ2n) is 9.51. The van der Waals surface area contributed by atoms with Gasteiger partial charge < -0.3 is 0 Å². The number of carbonyl (C=O) groups is 1. The molecule has 0 radical (unpaired) electrons. The number of rotatable bonds is 7. The Morgan fingerprint density at radius 2 is 1.47 bits per heavy atom. The summed E-state index contributed by atoms with van der Waals surface area (Å²) in [5, 5.41) is 8.77. The van der Waals surface area contributed by atoms with Gasteiger partial charge >= 0.3 is 0 Å². The van der Waals surface area contributed by atoms with Gasteiger partial charge in [0.1, 0.15) is 0 Å². The number of nitrogens with zero attached hydrogens (tertiary/aromatic N) is 3. The molecule has 6 nitrogen and oxygen atoms in total. The highest BCUT2D eigenvalue weighted by Gasteiger charge is 2.29. The van der Waals surface area contributed by atoms with E-state index in [1.165, 1.54) is 42.6 Å². The topological polar surface area (TPSA) is 59.1 Å². The molecule has 4 rings (SSSR count). The van der Waals surface area contributed by atoms with Crippen molar-refractivity contribution >= 4 is 5.91 Å². The highest BCUT2D eigenvalue weighted by Crippen LogP contribution is 2.22. The fourth-order valence-corrected chi connectivity index (χ4v) is 5.23. The van der Waals surface area contributed by atoms with E-state index in [1.54, 1.807) is 17.6 Å². The second-order valence-corrected chi connectivity index (χ2v) is 9.51. The quantitative estimate of drug-likeness (QED) is 0.514. The summed E-state index contributed by atoms with van der Waals surface area (Å²) < 4.78 is 0. The van der Waals surface area contributed by atoms with E-state index < -0.39 is 5.91 Å². The summed E-state index contributed by atoms with van der Waals surface area (Å²) in [6.45, 7) is 12.1. The molecule has 0 aliphatic carbocycles. The minimum atomic E-state index is -0.475. The number of carbonyl (C=O) groups excluding carboxylic acids is 1. The van der Waals surface area contributed by atoms with Gasteiger partial charge in [-0.15, -0.1) is 0 Å². The molecule has 0 spiro atoms. The zero-order valence-corrected chi connectivity index (χ0v) is 19.3. The summed E-state index contributed by atoms with van der Waals surface area (Å²) in [6, 6.07) is 17.6. The third kappa shape index (κ3) is 5.75. The summed E-state index contributed by atoms with van der Waals surface area (Å²) in [5.41, 5.74) is 6.17. The van der Waals surface area contributed by atoms with Crippen molar-refractivity contribution in [3.05, 3.63) is 70.8 Å². The van der Waals surface area contributed by atoms with Crippen LogP contribution >= 0.6 is 0 Å². The molecule has 0 aromatic heterocycles. The molecule has 2 atom stereocenters. The van der Waals surface area contributed by atoms with Crippen molar-refractivity contribution in [2.75, 3.05) is 26.2 Å². The van der Waals surface area contributed by atoms with Gasteiger partial charge in [-0.05, 0) is 68.6 Å². The average molecular weight is 437 g/mol. The van der Waals surface area contributed by atoms with E-state index in [4.69, 9.17) is 5.21 Å². The van der Waals surface area contributed by atoms with Crippen LogP contribution in [-0.4, -0.2) is 64.1 Å². The minimum Gasteiger partial charge on any atom is -0.299 e. The van der Waals surface area contributed by atoms with Gasteiger partial charge in [0, 0.05) is 50.4 Å². The molecule has 0 saturated carbocycles. The molecule has 2 aromatic rings. The van der Waals surface area contributed by atoms with E-state index >= 15 is 0 Å². The van der Waals surface area contributed by atoms with Crippen molar-refractivity contribution in [3.8, 4) is 0 Å². The first-order valence-electron chi connectivity index (χ1n) is 11.8. The van der Waals surface area contributed by atoms with Crippen LogP contribution in [0.15, 0.2) is 48.5 Å². The molecule has 2 fully saturated rings. The Kier molecular flexibility index (Phi) is 7.58. The third-order valence-corrected chi connectivity index (χ3v) is 6.86. The van der Waals surface area contributed by atoms with E-state index in [0.29, 0.717) is 17.6 Å². The van der Waals surface area contributed by atoms with Crippen LogP contribution in [0.2, 0.25) is 0 Å². The molecule has 2 N–H and O–H groups in total. The van der Waals surface area contributed by atoms with E-state index in [-0.39, 0.29) is 0 Å². The Balaban J connectivity index is 1.33. The van der Waals surface area contributed by atoms with Crippen LogP contribution in [0.1, 0.15) is 53.7 Å². The fourth-order valence-electron chi connectivity index (χ4n) is 5.23. The molecule has 2 heterocycles. The predicted molar refractivity (Wildman–Crippen MR) is 126 cm³/mol. The van der Waals surface area contributed by atoms with Crippen molar-refractivity contribution in [1.82, 2.24) is 20.2 Å². The van der Waals surface area contributed by atoms with E-state index in [2.05, 4.69) is 52.8 Å². The Bertz CT molecular complexity index is 883. The van der Waals surface area contributed by atoms with Gasteiger partial charge in [-0.1, -0.05) is 36.4 Å². The molecule has 172 valence electrons. The number of likely N-dealkylation sites (tertiary alicyclic amines) is 1. The molecular weight excluding hydrogens is 400 g/mol. The molecule has 2 aliphatic heterocycles. The molecule has 1 amide bonds. The van der Waals surface area contributed by atoms with Gasteiger partial charge in [0.15, 0.2) is 0 Å². The Labute approximate surface area is 191 Å². The van der Waals surface area contributed by atoms with E-state index in [9.17, 15) is 4.79 Å². The lowest BCUT2D eigenvalue weighted by molar-refractivity contribution is 0.0290. The molecule has 0 bridgehead atoms. The zero-order valence-electron chi connectivity index (χ0n) is 19.3. The van der Waals surface area contributed by atoms with Crippen LogP contribution < -0.4 is 5.48 Å². The molecule has 2 saturated heterocycles. The largest absolute Gasteiger partial charge is 0.299 e. The summed E-state index contributed by atoms with van der Waals surface area (Å²) >= 11 is 0. The number of hydrogen-bond acceptors (Lipinski definition) is 5. The lowest BCUT2D eigenvalue weighted by Gasteiger charge is -2.44. The van der Waals surface area contributed by atoms with E-state index in [0.717, 1.165) is 32.7 Å². The van der Waals surface area contributed by atoms with Gasteiger partial charge in [-0.3, -0.25) is 24.7 Å². The molecular formula is C26H36N4O2. The zero-order chi connectivity index (χ0) is 22.5. The number of hydroxylamine groups is 1. The van der Waals surface area contributed by atoms with Crippen molar-refractivity contribution in [1.29, 1.82) is 0 Å². The van der Waals surface area contributed by atoms with Gasteiger partial charge in [0.05, 0.1) is 0 Å². The van der Waals surface area contributed by atoms with Crippen molar-refractivity contribution < 1.29 is 10.0 Å². The first-order valence-corrected chi connectivity index (χ1v) is 11.8. The molecule has 2 aliphatic rings. The fraction of sp³-hybridized carbons (Fsp3) is 0.500. The first-order chi connectivity index (χ1) is 15.5. The van der Waals surface area contributed by atoms with Gasteiger partial charge in [-0.2, -0.15) is 0 Å². The first kappa shape index (κ1) is 22.9. The van der Waals surface area contributed by atoms with Crippen LogP contribution in [0.5, 0.6) is 0 Å². The standard InChI is InChI=1S/C26H36N4O2/c1-20-15-29(17-22-8-10-25(11-9-22)26(31)27-32)16-21(2)30(20)19-24-7-5-6-23(14-24)18-28-12-3-4-13-28/h5-11,14,20-21,32H,3-4,12-13,15-19H2,1-2H3,(H,27,31). The van der Waals surface area contributed by atoms with Crippen molar-refractivity contribution in [2.24, 2.45) is 0 Å². The second kappa shape index (κ2) is 10.6. The summed E-state index contributed by atoms with van der Waals surface area (Å²) in [6.07, 6.45) is 2.67. The number of piperazine rings is 1. The van der Waals surface area contributed by atoms with Crippen molar-refractivity contribution in [3.63, 3.8) is 0 Å². The Morgan fingerprint density at radius 3 is 2.09 bits per heavy atom. The summed E-state index contributed by atoms with van der Waals surface area (Å²) in [5.74, 6) is -0.475. The Hall–Kier alpha value is -2.25. The monoisotopic (exact) mass is 436 g/mol. The molecule has 32 heavy (non-hydrogen) atoms. The minimum absolute atomic E-state index is 0.467. The number of hydrogen-bond donors (Lipinski definition) is 2. The third-order valence-electron chi connectivity index (χ3n) is 6.86. The highest BCUT2D eigenvalue weighted by atomic mass is 16.5. The number of benzene rings is 2. The maximum Gasteiger partial charge on any atom is 0.274 e. The summed E-state index contributed by atoms with van der Waals surface area (Å²) in [4.78, 5) is 19.2. The van der Waals surface area contributed by atoms with Gasteiger partial charge in [0.25, 0.3) is 5.91 Å². The Morgan fingerprint density at radius 1 is 0.875 bits per heavy atom.